The number of hydrogen-bond acceptors (Lipinski definition) is 3. The second-order valence-corrected chi connectivity index (χ2v) is 15.2. The lowest BCUT2D eigenvalue weighted by Crippen LogP contribution is -2.65. The summed E-state index contributed by atoms with van der Waals surface area (Å²) in [5, 5.41) is 0. The van der Waals surface area contributed by atoms with Gasteiger partial charge in [0, 0.05) is 11.0 Å². The van der Waals surface area contributed by atoms with Crippen molar-refractivity contribution in [2.24, 2.45) is 50.7 Å². The van der Waals surface area contributed by atoms with E-state index in [-0.39, 0.29) is 38.5 Å². The van der Waals surface area contributed by atoms with Crippen LogP contribution in [0.5, 0.6) is 0 Å². The number of ether oxygens (including phenoxy) is 1. The minimum absolute atomic E-state index is 0.0492. The largest absolute Gasteiger partial charge is 0.465 e. The molecule has 0 amide bonds. The molecule has 4 saturated carbocycles. The highest BCUT2D eigenvalue weighted by molar-refractivity contribution is 5.90. The number of hydrogen-bond donors (Lipinski definition) is 0. The lowest BCUT2D eigenvalue weighted by atomic mass is 9.33. The van der Waals surface area contributed by atoms with E-state index in [0.717, 1.165) is 31.3 Å². The molecule has 0 radical (unpaired) electrons. The Morgan fingerprint density at radius 2 is 1.69 bits per heavy atom. The summed E-state index contributed by atoms with van der Waals surface area (Å²) in [4.78, 5) is 24.4. The van der Waals surface area contributed by atoms with Gasteiger partial charge in [-0.15, -0.1) is 0 Å². The summed E-state index contributed by atoms with van der Waals surface area (Å²) in [5.41, 5.74) is 2.43. The van der Waals surface area contributed by atoms with E-state index in [1.165, 1.54) is 58.0 Å². The number of halogens is 1. The van der Waals surface area contributed by atoms with Crippen LogP contribution >= 0.6 is 0 Å². The van der Waals surface area contributed by atoms with Crippen molar-refractivity contribution >= 4 is 17.8 Å². The Bertz CT molecular complexity index is 1230. The van der Waals surface area contributed by atoms with Gasteiger partial charge in [-0.2, -0.15) is 0 Å². The lowest BCUT2D eigenvalue weighted by molar-refractivity contribution is -0.220. The fourth-order valence-corrected chi connectivity index (χ4v) is 11.9. The Morgan fingerprint density at radius 1 is 0.923 bits per heavy atom. The molecule has 0 spiro atoms. The molecule has 5 aliphatic carbocycles. The van der Waals surface area contributed by atoms with Gasteiger partial charge >= 0.3 is 5.97 Å². The van der Waals surface area contributed by atoms with E-state index in [1.54, 1.807) is 12.1 Å². The second kappa shape index (κ2) is 8.76. The number of fused-ring (bicyclic) bond motifs is 7. The van der Waals surface area contributed by atoms with Crippen molar-refractivity contribution in [2.45, 2.75) is 98.8 Å². The minimum atomic E-state index is -0.508. The first-order valence-electron chi connectivity index (χ1n) is 15.4. The molecule has 0 bridgehead atoms. The first-order valence-corrected chi connectivity index (χ1v) is 15.4. The molecule has 0 saturated heterocycles. The van der Waals surface area contributed by atoms with Gasteiger partial charge in [-0.3, -0.25) is 0 Å². The Labute approximate surface area is 234 Å². The van der Waals surface area contributed by atoms with E-state index in [4.69, 9.17) is 4.74 Å². The molecule has 8 atom stereocenters. The zero-order valence-corrected chi connectivity index (χ0v) is 24.9. The Kier molecular flexibility index (Phi) is 6.11. The zero-order chi connectivity index (χ0) is 28.0. The van der Waals surface area contributed by atoms with Gasteiger partial charge < -0.3 is 9.53 Å². The third kappa shape index (κ3) is 3.45. The maximum Gasteiger partial charge on any atom is 0.337 e. The first kappa shape index (κ1) is 27.2. The van der Waals surface area contributed by atoms with E-state index in [1.807, 2.05) is 0 Å². The second-order valence-electron chi connectivity index (χ2n) is 15.2. The summed E-state index contributed by atoms with van der Waals surface area (Å²) in [5.74, 6) is 1.47. The highest BCUT2D eigenvalue weighted by atomic mass is 19.1. The molecule has 0 aliphatic heterocycles. The normalized spacial score (nSPS) is 44.2. The van der Waals surface area contributed by atoms with Gasteiger partial charge in [0.1, 0.15) is 12.1 Å². The SMILES string of the molecule is COC(=O)c1ccc(C2=CCC3(C)C(CCC4(C)C3CCC3C5CCCC5(C=O)CC[C@]34C)C2(C)C)c(F)c1. The zero-order valence-electron chi connectivity index (χ0n) is 24.9. The monoisotopic (exact) mass is 534 g/mol. The number of esters is 1. The van der Waals surface area contributed by atoms with E-state index in [2.05, 4.69) is 40.7 Å². The Balaban J connectivity index is 1.36. The number of allylic oxidation sites excluding steroid dienone is 2. The third-order valence-electron chi connectivity index (χ3n) is 13.9. The molecular weight excluding hydrogens is 487 g/mol. The molecular formula is C35H47FO3. The van der Waals surface area contributed by atoms with Crippen LogP contribution in [-0.2, 0) is 9.53 Å². The van der Waals surface area contributed by atoms with Crippen LogP contribution in [-0.4, -0.2) is 19.4 Å². The summed E-state index contributed by atoms with van der Waals surface area (Å²) in [6.07, 6.45) is 15.4. The lowest BCUT2D eigenvalue weighted by Gasteiger charge is -2.72. The maximum absolute atomic E-state index is 15.5. The van der Waals surface area contributed by atoms with E-state index in [0.29, 0.717) is 29.2 Å². The van der Waals surface area contributed by atoms with Crippen LogP contribution in [0.2, 0.25) is 0 Å². The van der Waals surface area contributed by atoms with Crippen LogP contribution in [0.4, 0.5) is 4.39 Å². The molecule has 0 heterocycles. The van der Waals surface area contributed by atoms with Crippen LogP contribution in [0.3, 0.4) is 0 Å². The molecule has 4 fully saturated rings. The highest BCUT2D eigenvalue weighted by Crippen LogP contribution is 2.76. The highest BCUT2D eigenvalue weighted by Gasteiger charge is 2.69. The standard InChI is InChI=1S/C35H47FO3/c1-31(2)24(23-10-9-22(20-27(23)36)30(38)39-6)13-16-32(3)28(31)14-17-34(5)29(32)12-11-25-26-8-7-15-35(26,21-37)19-18-33(25,34)4/h9-10,13,20-21,25-26,28-29H,7-8,11-12,14-19H2,1-6H3/t25?,26?,28?,29?,32?,33-,34?,35?/m1/s1. The Morgan fingerprint density at radius 3 is 2.38 bits per heavy atom. The van der Waals surface area contributed by atoms with E-state index >= 15 is 4.39 Å². The molecule has 1 aromatic carbocycles. The summed E-state index contributed by atoms with van der Waals surface area (Å²) in [6.45, 7) is 12.4. The third-order valence-corrected chi connectivity index (χ3v) is 13.9. The Hall–Kier alpha value is -1.97. The van der Waals surface area contributed by atoms with Crippen molar-refractivity contribution in [2.75, 3.05) is 7.11 Å². The van der Waals surface area contributed by atoms with Gasteiger partial charge in [-0.05, 0) is 121 Å². The number of benzene rings is 1. The molecule has 0 N–H and O–H groups in total. The van der Waals surface area contributed by atoms with Gasteiger partial charge in [0.2, 0.25) is 0 Å². The number of carbonyl (C=O) groups is 2. The number of carbonyl (C=O) groups excluding carboxylic acids is 2. The predicted molar refractivity (Wildman–Crippen MR) is 152 cm³/mol. The number of rotatable bonds is 3. The summed E-state index contributed by atoms with van der Waals surface area (Å²) >= 11 is 0. The van der Waals surface area contributed by atoms with Crippen molar-refractivity contribution < 1.29 is 18.7 Å². The predicted octanol–water partition coefficient (Wildman–Crippen LogP) is 8.66. The summed E-state index contributed by atoms with van der Waals surface area (Å²) in [6, 6.07) is 4.80. The van der Waals surface area contributed by atoms with Crippen molar-refractivity contribution in [3.05, 3.63) is 41.2 Å². The quantitative estimate of drug-likeness (QED) is 0.288. The van der Waals surface area contributed by atoms with Crippen molar-refractivity contribution in [3.8, 4) is 0 Å². The minimum Gasteiger partial charge on any atom is -0.465 e. The molecule has 0 aromatic heterocycles. The van der Waals surface area contributed by atoms with Gasteiger partial charge in [0.05, 0.1) is 12.7 Å². The topological polar surface area (TPSA) is 43.4 Å². The smallest absolute Gasteiger partial charge is 0.337 e. The van der Waals surface area contributed by atoms with Gasteiger partial charge in [-0.1, -0.05) is 53.2 Å². The molecule has 39 heavy (non-hydrogen) atoms. The van der Waals surface area contributed by atoms with E-state index in [9.17, 15) is 9.59 Å². The molecule has 3 nitrogen and oxygen atoms in total. The number of aldehydes is 1. The van der Waals surface area contributed by atoms with Crippen molar-refractivity contribution in [1.29, 1.82) is 0 Å². The van der Waals surface area contributed by atoms with Crippen LogP contribution in [0.15, 0.2) is 24.3 Å². The van der Waals surface area contributed by atoms with Crippen molar-refractivity contribution in [3.63, 3.8) is 0 Å². The summed E-state index contributed by atoms with van der Waals surface area (Å²) in [7, 11) is 1.33. The first-order chi connectivity index (χ1) is 18.4. The fraction of sp³-hybridized carbons (Fsp3) is 0.714. The van der Waals surface area contributed by atoms with Crippen LogP contribution in [0.1, 0.15) is 115 Å². The van der Waals surface area contributed by atoms with Gasteiger partial charge in [0.15, 0.2) is 0 Å². The van der Waals surface area contributed by atoms with Crippen LogP contribution in [0, 0.1) is 56.6 Å². The molecule has 212 valence electrons. The molecule has 6 rings (SSSR count). The molecule has 1 aromatic rings. The van der Waals surface area contributed by atoms with E-state index < -0.39 is 5.97 Å². The molecule has 7 unspecified atom stereocenters. The van der Waals surface area contributed by atoms with Gasteiger partial charge in [0.25, 0.3) is 0 Å². The van der Waals surface area contributed by atoms with Gasteiger partial charge in [-0.25, -0.2) is 9.18 Å². The fourth-order valence-electron chi connectivity index (χ4n) is 11.9. The maximum atomic E-state index is 15.5. The molecule has 4 heteroatoms. The average molecular weight is 535 g/mol. The molecule has 5 aliphatic rings. The average Bonchev–Trinajstić information content (AvgIpc) is 3.33. The number of methoxy groups -OCH3 is 1. The van der Waals surface area contributed by atoms with Crippen LogP contribution < -0.4 is 0 Å². The van der Waals surface area contributed by atoms with Crippen LogP contribution in [0.25, 0.3) is 5.57 Å². The van der Waals surface area contributed by atoms with Crippen molar-refractivity contribution in [1.82, 2.24) is 0 Å². The summed E-state index contributed by atoms with van der Waals surface area (Å²) < 4.78 is 20.3.